The van der Waals surface area contributed by atoms with Crippen LogP contribution in [0.5, 0.6) is 0 Å². The van der Waals surface area contributed by atoms with E-state index in [9.17, 15) is 9.59 Å². The van der Waals surface area contributed by atoms with Gasteiger partial charge >= 0.3 is 0 Å². The van der Waals surface area contributed by atoms with Gasteiger partial charge in [0.15, 0.2) is 11.0 Å². The van der Waals surface area contributed by atoms with E-state index in [1.807, 2.05) is 51.1 Å². The molecule has 1 aromatic carbocycles. The number of carbonyl (C=O) groups excluding carboxylic acids is 1. The maximum absolute atomic E-state index is 13.2. The molecule has 0 N–H and O–H groups in total. The first-order valence-electron chi connectivity index (χ1n) is 10.1. The van der Waals surface area contributed by atoms with Crippen LogP contribution in [0.4, 0.5) is 0 Å². The molecule has 0 radical (unpaired) electrons. The molecule has 29 heavy (non-hydrogen) atoms. The quantitative estimate of drug-likeness (QED) is 0.481. The first-order valence-corrected chi connectivity index (χ1v) is 11.1. The van der Waals surface area contributed by atoms with E-state index in [4.69, 9.17) is 4.98 Å². The number of para-hydroxylation sites is 1. The van der Waals surface area contributed by atoms with Gasteiger partial charge in [-0.2, -0.15) is 4.68 Å². The van der Waals surface area contributed by atoms with E-state index in [-0.39, 0.29) is 16.8 Å². The summed E-state index contributed by atoms with van der Waals surface area (Å²) in [6.45, 7) is 6.63. The van der Waals surface area contributed by atoms with E-state index in [1.54, 1.807) is 0 Å². The number of carbonyl (C=O) groups is 1. The molecule has 152 valence electrons. The number of nitrogens with zero attached hydrogens (tertiary/aromatic N) is 4. The first kappa shape index (κ1) is 19.9. The summed E-state index contributed by atoms with van der Waals surface area (Å²) in [4.78, 5) is 30.4. The Bertz CT molecular complexity index is 1060. The molecular weight excluding hydrogens is 384 g/mol. The number of ketones is 1. The number of Topliss-reactive ketones (excluding diaryl/α,β-unsaturated/α-hetero) is 1. The van der Waals surface area contributed by atoms with Crippen LogP contribution in [0.1, 0.15) is 45.7 Å². The molecule has 1 aromatic rings. The Morgan fingerprint density at radius 2 is 1.90 bits per heavy atom. The molecule has 3 heterocycles. The van der Waals surface area contributed by atoms with Crippen LogP contribution in [-0.4, -0.2) is 30.9 Å². The molecule has 0 aliphatic carbocycles. The fraction of sp³-hybridized carbons (Fsp3) is 0.455. The largest absolute Gasteiger partial charge is 0.324 e. The normalized spacial score (nSPS) is 14.6. The van der Waals surface area contributed by atoms with Gasteiger partial charge in [0.05, 0.1) is 11.4 Å². The third-order valence-electron chi connectivity index (χ3n) is 5.34. The van der Waals surface area contributed by atoms with E-state index in [2.05, 4.69) is 9.67 Å². The Balaban J connectivity index is 1.83. The molecule has 0 fully saturated rings. The molecule has 0 saturated heterocycles. The standard InChI is InChI=1S/C22H26N4O2S/c1-22(2,3)17(27)14-29-21-23-19-18(16-12-8-5-9-13-25(16)21)20(28)26(24-19)15-10-6-4-7-11-15/h4,6-7,10-11H,5,8-9,12-14H2,1-3H3. The average Bonchev–Trinajstić information content (AvgIpc) is 2.87. The summed E-state index contributed by atoms with van der Waals surface area (Å²) in [6.07, 6.45) is 4.04. The number of hydrogen-bond acceptors (Lipinski definition) is 5. The number of thioether (sulfide) groups is 1. The van der Waals surface area contributed by atoms with Gasteiger partial charge in [-0.25, -0.2) is 4.98 Å². The summed E-state index contributed by atoms with van der Waals surface area (Å²) < 4.78 is 3.59. The van der Waals surface area contributed by atoms with Gasteiger partial charge in [-0.3, -0.25) is 9.59 Å². The molecular formula is C22H26N4O2S. The fourth-order valence-electron chi connectivity index (χ4n) is 3.55. The van der Waals surface area contributed by atoms with Crippen LogP contribution in [0.15, 0.2) is 40.3 Å². The van der Waals surface area contributed by atoms with Crippen LogP contribution < -0.4 is 5.56 Å². The molecule has 0 aromatic heterocycles. The summed E-state index contributed by atoms with van der Waals surface area (Å²) in [5, 5.41) is 5.32. The lowest BCUT2D eigenvalue weighted by atomic mass is 9.92. The van der Waals surface area contributed by atoms with Crippen molar-refractivity contribution in [3.63, 3.8) is 0 Å². The van der Waals surface area contributed by atoms with E-state index in [0.717, 1.165) is 48.8 Å². The minimum absolute atomic E-state index is 0.119. The minimum Gasteiger partial charge on any atom is -0.324 e. The lowest BCUT2D eigenvalue weighted by Gasteiger charge is -2.19. The van der Waals surface area contributed by atoms with Crippen molar-refractivity contribution >= 4 is 17.5 Å². The monoisotopic (exact) mass is 410 g/mol. The smallest absolute Gasteiger partial charge is 0.284 e. The van der Waals surface area contributed by atoms with Crippen molar-refractivity contribution in [1.29, 1.82) is 0 Å². The highest BCUT2D eigenvalue weighted by atomic mass is 32.2. The molecule has 0 bridgehead atoms. The summed E-state index contributed by atoms with van der Waals surface area (Å²) in [5.74, 6) is 1.02. The van der Waals surface area contributed by atoms with Crippen LogP contribution in [-0.2, 0) is 17.8 Å². The van der Waals surface area contributed by atoms with Crippen LogP contribution >= 0.6 is 11.8 Å². The molecule has 0 unspecified atom stereocenters. The Kier molecular flexibility index (Phi) is 5.34. The molecule has 7 heteroatoms. The summed E-state index contributed by atoms with van der Waals surface area (Å²) in [6, 6.07) is 9.44. The number of fused-ring (bicyclic) bond motifs is 3. The molecule has 0 amide bonds. The van der Waals surface area contributed by atoms with Gasteiger partial charge in [-0.15, -0.1) is 5.10 Å². The summed E-state index contributed by atoms with van der Waals surface area (Å²) in [5.41, 5.74) is 1.86. The molecule has 0 atom stereocenters. The molecule has 0 spiro atoms. The number of rotatable bonds is 4. The second kappa shape index (κ2) is 7.78. The Morgan fingerprint density at radius 1 is 1.14 bits per heavy atom. The molecule has 3 aliphatic heterocycles. The second-order valence-corrected chi connectivity index (χ2v) is 9.46. The van der Waals surface area contributed by atoms with Gasteiger partial charge in [0, 0.05) is 17.7 Å². The van der Waals surface area contributed by atoms with E-state index >= 15 is 0 Å². The topological polar surface area (TPSA) is 69.8 Å². The van der Waals surface area contributed by atoms with Gasteiger partial charge in [0.1, 0.15) is 11.3 Å². The molecule has 4 rings (SSSR count). The third-order valence-corrected chi connectivity index (χ3v) is 6.31. The SMILES string of the molecule is CC(C)(C)C(=O)CSc1nc2nn(-c3ccccc3)c(=O)c-2c2n1CCCCC2. The van der Waals surface area contributed by atoms with E-state index in [1.165, 1.54) is 16.4 Å². The Hall–Kier alpha value is -2.41. The average molecular weight is 411 g/mol. The van der Waals surface area contributed by atoms with E-state index < -0.39 is 0 Å². The summed E-state index contributed by atoms with van der Waals surface area (Å²) >= 11 is 1.46. The van der Waals surface area contributed by atoms with E-state index in [0.29, 0.717) is 17.1 Å². The van der Waals surface area contributed by atoms with Crippen molar-refractivity contribution < 1.29 is 4.79 Å². The van der Waals surface area contributed by atoms with Crippen molar-refractivity contribution in [2.45, 2.75) is 58.2 Å². The zero-order valence-electron chi connectivity index (χ0n) is 17.1. The molecule has 3 aliphatic rings. The van der Waals surface area contributed by atoms with Crippen molar-refractivity contribution in [2.24, 2.45) is 5.41 Å². The lowest BCUT2D eigenvalue weighted by Crippen LogP contribution is -2.23. The molecule has 0 saturated carbocycles. The van der Waals surface area contributed by atoms with Crippen molar-refractivity contribution in [1.82, 2.24) is 19.3 Å². The van der Waals surface area contributed by atoms with Crippen molar-refractivity contribution in [2.75, 3.05) is 5.75 Å². The maximum atomic E-state index is 13.2. The number of hydrogen-bond donors (Lipinski definition) is 0. The van der Waals surface area contributed by atoms with Gasteiger partial charge in [-0.05, 0) is 31.4 Å². The predicted octanol–water partition coefficient (Wildman–Crippen LogP) is 3.97. The maximum Gasteiger partial charge on any atom is 0.284 e. The van der Waals surface area contributed by atoms with Gasteiger partial charge in [-0.1, -0.05) is 57.2 Å². The zero-order valence-corrected chi connectivity index (χ0v) is 18.0. The van der Waals surface area contributed by atoms with Gasteiger partial charge < -0.3 is 4.57 Å². The van der Waals surface area contributed by atoms with Crippen LogP contribution in [0, 0.1) is 5.41 Å². The van der Waals surface area contributed by atoms with Gasteiger partial charge in [0.25, 0.3) is 5.56 Å². The zero-order chi connectivity index (χ0) is 20.6. The van der Waals surface area contributed by atoms with Crippen LogP contribution in [0.3, 0.4) is 0 Å². The predicted molar refractivity (Wildman–Crippen MR) is 115 cm³/mol. The highest BCUT2D eigenvalue weighted by Gasteiger charge is 2.28. The third kappa shape index (κ3) is 3.88. The number of benzene rings is 1. The van der Waals surface area contributed by atoms with Gasteiger partial charge in [0.2, 0.25) is 0 Å². The Labute approximate surface area is 174 Å². The highest BCUT2D eigenvalue weighted by molar-refractivity contribution is 7.99. The van der Waals surface area contributed by atoms with Crippen LogP contribution in [0.25, 0.3) is 17.1 Å². The Morgan fingerprint density at radius 3 is 2.62 bits per heavy atom. The second-order valence-electron chi connectivity index (χ2n) is 8.52. The van der Waals surface area contributed by atoms with Crippen molar-refractivity contribution in [3.05, 3.63) is 46.4 Å². The van der Waals surface area contributed by atoms with Crippen molar-refractivity contribution in [3.8, 4) is 17.1 Å². The number of aromatic nitrogens is 4. The minimum atomic E-state index is -0.379. The fourth-order valence-corrected chi connectivity index (χ4v) is 4.76. The molecule has 6 nitrogen and oxygen atoms in total. The van der Waals surface area contributed by atoms with Crippen LogP contribution in [0.2, 0.25) is 0 Å². The highest BCUT2D eigenvalue weighted by Crippen LogP contribution is 2.31. The first-order chi connectivity index (χ1) is 13.9. The lowest BCUT2D eigenvalue weighted by molar-refractivity contribution is -0.123. The summed E-state index contributed by atoms with van der Waals surface area (Å²) in [7, 11) is 0.